The van der Waals surface area contributed by atoms with Crippen molar-refractivity contribution in [2.24, 2.45) is 0 Å². The molecular weight excluding hydrogens is 268 g/mol. The second-order valence-electron chi connectivity index (χ2n) is 3.07. The van der Waals surface area contributed by atoms with Gasteiger partial charge >= 0.3 is 5.97 Å². The molecule has 0 aliphatic carbocycles. The maximum Gasteiger partial charge on any atom is 0.312 e. The Morgan fingerprint density at radius 1 is 1.53 bits per heavy atom. The summed E-state index contributed by atoms with van der Waals surface area (Å²) in [4.78, 5) is 11.9. The molecule has 1 aromatic rings. The molecule has 0 unspecified atom stereocenters. The predicted octanol–water partition coefficient (Wildman–Crippen LogP) is 2.96. The molecule has 5 nitrogen and oxygen atoms in total. The van der Waals surface area contributed by atoms with Crippen molar-refractivity contribution >= 4 is 29.6 Å². The number of ether oxygens (including phenoxy) is 1. The summed E-state index contributed by atoms with van der Waals surface area (Å²) in [5.74, 6) is 0.287. The number of benzene rings is 1. The van der Waals surface area contributed by atoms with E-state index >= 15 is 0 Å². The van der Waals surface area contributed by atoms with E-state index in [0.29, 0.717) is 5.75 Å². The van der Waals surface area contributed by atoms with Gasteiger partial charge in [-0.15, -0.1) is 15.9 Å². The Labute approximate surface area is 108 Å². The van der Waals surface area contributed by atoms with Crippen molar-refractivity contribution in [2.75, 3.05) is 5.88 Å². The smallest absolute Gasteiger partial charge is 0.312 e. The van der Waals surface area contributed by atoms with E-state index in [-0.39, 0.29) is 18.3 Å². The summed E-state index contributed by atoms with van der Waals surface area (Å²) in [7, 11) is 0. The highest BCUT2D eigenvalue weighted by atomic mass is 35.5. The van der Waals surface area contributed by atoms with Crippen LogP contribution in [0.25, 0.3) is 0 Å². The van der Waals surface area contributed by atoms with E-state index in [1.807, 2.05) is 6.92 Å². The molecule has 1 rings (SSSR count). The number of carbonyl (C=O) groups excluding carboxylic acids is 1. The Hall–Kier alpha value is -0.790. The molecule has 94 valence electrons. The van der Waals surface area contributed by atoms with Gasteiger partial charge in [0.05, 0.1) is 18.5 Å². The summed E-state index contributed by atoms with van der Waals surface area (Å²) in [5, 5.41) is 11.5. The zero-order valence-electron chi connectivity index (χ0n) is 9.01. The molecule has 0 bridgehead atoms. The van der Waals surface area contributed by atoms with E-state index in [1.165, 1.54) is 0 Å². The van der Waals surface area contributed by atoms with Crippen molar-refractivity contribution in [3.8, 4) is 5.75 Å². The standard InChI is InChI=1S/C10H11ClO5S/c1-7-6-8(14-10(12)4-5-11)2-3-9(7)17-16-15-13/h2-3,6,13H,4-5H2,1H3. The van der Waals surface area contributed by atoms with Crippen molar-refractivity contribution < 1.29 is 24.2 Å². The number of halogens is 1. The third-order valence-corrected chi connectivity index (χ3v) is 2.79. The van der Waals surface area contributed by atoms with Crippen LogP contribution in [0.4, 0.5) is 0 Å². The fourth-order valence-electron chi connectivity index (χ4n) is 1.09. The molecule has 0 amide bonds. The lowest BCUT2D eigenvalue weighted by Crippen LogP contribution is -2.08. The number of esters is 1. The van der Waals surface area contributed by atoms with Crippen LogP contribution in [0.2, 0.25) is 0 Å². The van der Waals surface area contributed by atoms with E-state index in [0.717, 1.165) is 22.5 Å². The largest absolute Gasteiger partial charge is 0.426 e. The summed E-state index contributed by atoms with van der Waals surface area (Å²) in [6.07, 6.45) is 0.165. The van der Waals surface area contributed by atoms with Gasteiger partial charge < -0.3 is 4.74 Å². The van der Waals surface area contributed by atoms with Gasteiger partial charge in [0.15, 0.2) is 0 Å². The van der Waals surface area contributed by atoms with Crippen molar-refractivity contribution in [3.63, 3.8) is 0 Å². The zero-order chi connectivity index (χ0) is 12.7. The molecule has 7 heteroatoms. The van der Waals surface area contributed by atoms with Crippen LogP contribution in [0.3, 0.4) is 0 Å². The highest BCUT2D eigenvalue weighted by Crippen LogP contribution is 2.26. The lowest BCUT2D eigenvalue weighted by atomic mass is 10.2. The minimum absolute atomic E-state index is 0.165. The summed E-state index contributed by atoms with van der Waals surface area (Å²) in [6.45, 7) is 1.81. The third kappa shape index (κ3) is 4.93. The molecule has 17 heavy (non-hydrogen) atoms. The van der Waals surface area contributed by atoms with Crippen LogP contribution in [0.15, 0.2) is 23.1 Å². The van der Waals surface area contributed by atoms with E-state index < -0.39 is 0 Å². The number of rotatable bonds is 6. The van der Waals surface area contributed by atoms with Gasteiger partial charge in [-0.3, -0.25) is 4.79 Å². The Balaban J connectivity index is 2.64. The second-order valence-corrected chi connectivity index (χ2v) is 4.19. The molecular formula is C10H11ClO5S. The van der Waals surface area contributed by atoms with Gasteiger partial charge in [0.1, 0.15) is 5.75 Å². The van der Waals surface area contributed by atoms with Crippen LogP contribution in [-0.2, 0) is 14.2 Å². The summed E-state index contributed by atoms with van der Waals surface area (Å²) < 4.78 is 9.35. The predicted molar refractivity (Wildman–Crippen MR) is 62.8 cm³/mol. The quantitative estimate of drug-likeness (QED) is 0.215. The van der Waals surface area contributed by atoms with E-state index in [4.69, 9.17) is 21.6 Å². The molecule has 0 saturated heterocycles. The Kier molecular flexibility index (Phi) is 6.31. The van der Waals surface area contributed by atoms with Crippen LogP contribution >= 0.6 is 23.6 Å². The first-order valence-corrected chi connectivity index (χ1v) is 5.97. The molecule has 1 aromatic carbocycles. The normalized spacial score (nSPS) is 10.3. The Bertz CT molecular complexity index is 385. The molecule has 0 atom stereocenters. The molecule has 0 aliphatic heterocycles. The van der Waals surface area contributed by atoms with Crippen LogP contribution < -0.4 is 4.74 Å². The van der Waals surface area contributed by atoms with Crippen LogP contribution in [0.5, 0.6) is 5.75 Å². The number of hydrogen-bond acceptors (Lipinski definition) is 6. The van der Waals surface area contributed by atoms with E-state index in [1.54, 1.807) is 18.2 Å². The SMILES string of the molecule is Cc1cc(OC(=O)CCCl)ccc1SOOO. The molecule has 1 N–H and O–H groups in total. The number of alkyl halides is 1. The van der Waals surface area contributed by atoms with Gasteiger partial charge in [-0.25, -0.2) is 5.26 Å². The minimum Gasteiger partial charge on any atom is -0.426 e. The van der Waals surface area contributed by atoms with Crippen LogP contribution in [0, 0.1) is 6.92 Å². The number of aryl methyl sites for hydroxylation is 1. The lowest BCUT2D eigenvalue weighted by molar-refractivity contribution is -0.432. The fourth-order valence-corrected chi connectivity index (χ4v) is 1.66. The molecule has 0 aliphatic rings. The highest BCUT2D eigenvalue weighted by molar-refractivity contribution is 7.94. The number of carbonyl (C=O) groups is 1. The maximum absolute atomic E-state index is 11.2. The summed E-state index contributed by atoms with van der Waals surface area (Å²) in [5.41, 5.74) is 0.822. The zero-order valence-corrected chi connectivity index (χ0v) is 10.6. The minimum atomic E-state index is -0.380. The first-order chi connectivity index (χ1) is 8.17. The van der Waals surface area contributed by atoms with Crippen molar-refractivity contribution in [2.45, 2.75) is 18.2 Å². The highest BCUT2D eigenvalue weighted by Gasteiger charge is 2.07. The van der Waals surface area contributed by atoms with Crippen LogP contribution in [-0.4, -0.2) is 17.1 Å². The Morgan fingerprint density at radius 2 is 2.29 bits per heavy atom. The van der Waals surface area contributed by atoms with Gasteiger partial charge in [-0.05, 0) is 30.7 Å². The number of hydrogen-bond donors (Lipinski definition) is 1. The van der Waals surface area contributed by atoms with Crippen molar-refractivity contribution in [1.29, 1.82) is 0 Å². The molecule has 0 heterocycles. The monoisotopic (exact) mass is 278 g/mol. The van der Waals surface area contributed by atoms with Gasteiger partial charge in [0.25, 0.3) is 0 Å². The fraction of sp³-hybridized carbons (Fsp3) is 0.300. The third-order valence-electron chi connectivity index (χ3n) is 1.83. The Morgan fingerprint density at radius 3 is 2.88 bits per heavy atom. The van der Waals surface area contributed by atoms with Crippen molar-refractivity contribution in [1.82, 2.24) is 0 Å². The average Bonchev–Trinajstić information content (AvgIpc) is 2.28. The van der Waals surface area contributed by atoms with Crippen molar-refractivity contribution in [3.05, 3.63) is 23.8 Å². The molecule has 0 spiro atoms. The topological polar surface area (TPSA) is 65.0 Å². The van der Waals surface area contributed by atoms with E-state index in [2.05, 4.69) is 9.37 Å². The maximum atomic E-state index is 11.2. The lowest BCUT2D eigenvalue weighted by Gasteiger charge is -2.06. The molecule has 0 radical (unpaired) electrons. The summed E-state index contributed by atoms with van der Waals surface area (Å²) in [6, 6.07) is 4.97. The molecule has 0 saturated carbocycles. The van der Waals surface area contributed by atoms with E-state index in [9.17, 15) is 4.79 Å². The average molecular weight is 279 g/mol. The molecule has 0 fully saturated rings. The second kappa shape index (κ2) is 7.52. The summed E-state index contributed by atoms with van der Waals surface area (Å²) >= 11 is 6.27. The first-order valence-electron chi connectivity index (χ1n) is 4.69. The van der Waals surface area contributed by atoms with Gasteiger partial charge in [0, 0.05) is 10.8 Å². The van der Waals surface area contributed by atoms with Gasteiger partial charge in [-0.1, -0.05) is 5.04 Å². The van der Waals surface area contributed by atoms with Gasteiger partial charge in [0.2, 0.25) is 0 Å². The van der Waals surface area contributed by atoms with Gasteiger partial charge in [-0.2, -0.15) is 0 Å². The van der Waals surface area contributed by atoms with Crippen LogP contribution in [0.1, 0.15) is 12.0 Å². The first kappa shape index (κ1) is 14.3. The molecule has 0 aromatic heterocycles.